The molecule has 0 saturated carbocycles. The van der Waals surface area contributed by atoms with Crippen LogP contribution in [0.15, 0.2) is 37.1 Å². The van der Waals surface area contributed by atoms with Gasteiger partial charge in [-0.2, -0.15) is 0 Å². The van der Waals surface area contributed by atoms with Gasteiger partial charge < -0.3 is 4.74 Å². The van der Waals surface area contributed by atoms with Gasteiger partial charge in [0.1, 0.15) is 6.54 Å². The lowest BCUT2D eigenvalue weighted by atomic mass is 10.0. The van der Waals surface area contributed by atoms with Crippen LogP contribution in [-0.2, 0) is 16.1 Å². The number of esters is 1. The van der Waals surface area contributed by atoms with Gasteiger partial charge in [-0.25, -0.2) is 9.36 Å². The third kappa shape index (κ3) is 15.2. The fourth-order valence-corrected chi connectivity index (χ4v) is 3.90. The maximum absolute atomic E-state index is 10.9. The smallest absolute Gasteiger partial charge is 0.330 e. The van der Waals surface area contributed by atoms with Crippen LogP contribution in [-0.4, -0.2) is 12.6 Å². The third-order valence-corrected chi connectivity index (χ3v) is 5.87. The largest absolute Gasteiger partial charge is 0.463 e. The monoisotopic (exact) mass is 416 g/mol. The number of hydrogen-bond donors (Lipinski definition) is 0. The molecule has 0 N–H and O–H groups in total. The van der Waals surface area contributed by atoms with E-state index >= 15 is 0 Å². The van der Waals surface area contributed by atoms with Gasteiger partial charge in [-0.3, -0.25) is 0 Å². The zero-order valence-electron chi connectivity index (χ0n) is 19.6. The Kier molecular flexibility index (Phi) is 17.0. The number of hydrogen-bond acceptors (Lipinski definition) is 2. The Balaban J connectivity index is 1.72. The Bertz CT molecular complexity index is 556. The molecule has 0 aromatic carbocycles. The van der Waals surface area contributed by atoms with Gasteiger partial charge in [-0.15, -0.1) is 0 Å². The first kappa shape index (κ1) is 26.4. The number of unbranched alkanes of at least 4 members (excludes halogenated alkanes) is 15. The van der Waals surface area contributed by atoms with Gasteiger partial charge in [0.25, 0.3) is 0 Å². The van der Waals surface area contributed by atoms with E-state index in [0.717, 1.165) is 19.4 Å². The number of pyridine rings is 1. The summed E-state index contributed by atoms with van der Waals surface area (Å²) < 4.78 is 7.34. The summed E-state index contributed by atoms with van der Waals surface area (Å²) in [6.07, 6.45) is 24.8. The third-order valence-electron chi connectivity index (χ3n) is 5.87. The molecule has 3 nitrogen and oxygen atoms in total. The van der Waals surface area contributed by atoms with Crippen molar-refractivity contribution in [3.63, 3.8) is 0 Å². The maximum Gasteiger partial charge on any atom is 0.330 e. The summed E-state index contributed by atoms with van der Waals surface area (Å²) in [5.41, 5.74) is 1.36. The lowest BCUT2D eigenvalue weighted by molar-refractivity contribution is -0.703. The summed E-state index contributed by atoms with van der Waals surface area (Å²) in [5.74, 6) is -0.303. The molecular formula is C27H46NO2+. The highest BCUT2D eigenvalue weighted by Crippen LogP contribution is 2.13. The second-order valence-electron chi connectivity index (χ2n) is 8.56. The first-order chi connectivity index (χ1) is 14.7. The zero-order valence-corrected chi connectivity index (χ0v) is 19.6. The number of ether oxygens (including phenoxy) is 1. The van der Waals surface area contributed by atoms with Crippen molar-refractivity contribution in [2.24, 2.45) is 0 Å². The number of carbonyl (C=O) groups excluding carboxylic acids is 1. The standard InChI is InChI=1S/C27H46NO2/c1-3-27(29)30-25-21-17-15-13-11-9-7-5-4-6-8-10-12-14-16-19-23-28-24-20-18-22-26(28)2/h3,18,20,22,24H,1,4-17,19,21,23,25H2,2H3/q+1. The topological polar surface area (TPSA) is 30.2 Å². The van der Waals surface area contributed by atoms with Crippen molar-refractivity contribution in [2.45, 2.75) is 116 Å². The summed E-state index contributed by atoms with van der Waals surface area (Å²) in [4.78, 5) is 10.9. The molecule has 30 heavy (non-hydrogen) atoms. The van der Waals surface area contributed by atoms with Crippen molar-refractivity contribution in [3.05, 3.63) is 42.7 Å². The molecular weight excluding hydrogens is 370 g/mol. The predicted molar refractivity (Wildman–Crippen MR) is 126 cm³/mol. The average Bonchev–Trinajstić information content (AvgIpc) is 2.76. The molecule has 0 aliphatic carbocycles. The molecule has 0 unspecified atom stereocenters. The average molecular weight is 417 g/mol. The summed E-state index contributed by atoms with van der Waals surface area (Å²) in [5, 5.41) is 0. The molecule has 0 atom stereocenters. The number of carbonyl (C=O) groups is 1. The highest BCUT2D eigenvalue weighted by atomic mass is 16.5. The molecule has 1 heterocycles. The maximum atomic E-state index is 10.9. The number of nitrogens with zero attached hydrogens (tertiary/aromatic N) is 1. The second-order valence-corrected chi connectivity index (χ2v) is 8.56. The van der Waals surface area contributed by atoms with Crippen LogP contribution in [0, 0.1) is 6.92 Å². The Morgan fingerprint density at radius 1 is 0.800 bits per heavy atom. The van der Waals surface area contributed by atoms with Crippen molar-refractivity contribution < 1.29 is 14.1 Å². The van der Waals surface area contributed by atoms with Crippen LogP contribution in [0.2, 0.25) is 0 Å². The Morgan fingerprint density at radius 2 is 1.27 bits per heavy atom. The Hall–Kier alpha value is -1.64. The summed E-state index contributed by atoms with van der Waals surface area (Å²) in [6, 6.07) is 6.43. The summed E-state index contributed by atoms with van der Waals surface area (Å²) >= 11 is 0. The van der Waals surface area contributed by atoms with E-state index < -0.39 is 0 Å². The quantitative estimate of drug-likeness (QED) is 0.0969. The van der Waals surface area contributed by atoms with E-state index in [9.17, 15) is 4.79 Å². The second kappa shape index (κ2) is 19.3. The Labute approximate surface area is 185 Å². The van der Waals surface area contributed by atoms with Crippen LogP contribution in [0.25, 0.3) is 0 Å². The summed E-state index contributed by atoms with van der Waals surface area (Å²) in [6.45, 7) is 7.29. The molecule has 0 aliphatic rings. The van der Waals surface area contributed by atoms with Crippen LogP contribution in [0.5, 0.6) is 0 Å². The molecule has 1 rings (SSSR count). The van der Waals surface area contributed by atoms with Crippen molar-refractivity contribution in [2.75, 3.05) is 6.61 Å². The fourth-order valence-electron chi connectivity index (χ4n) is 3.90. The normalized spacial score (nSPS) is 10.8. The van der Waals surface area contributed by atoms with E-state index in [0.29, 0.717) is 6.61 Å². The van der Waals surface area contributed by atoms with Gasteiger partial charge in [0.05, 0.1) is 6.61 Å². The van der Waals surface area contributed by atoms with E-state index in [1.807, 2.05) is 0 Å². The fraction of sp³-hybridized carbons (Fsp3) is 0.704. The number of rotatable bonds is 20. The molecule has 1 aromatic heterocycles. The summed E-state index contributed by atoms with van der Waals surface area (Å²) in [7, 11) is 0. The SMILES string of the molecule is C=CC(=O)OCCCCCCCCCCCCCCCCCC[n+]1ccccc1C. The van der Waals surface area contributed by atoms with Gasteiger partial charge in [0.2, 0.25) is 0 Å². The van der Waals surface area contributed by atoms with Crippen molar-refractivity contribution in [3.8, 4) is 0 Å². The Morgan fingerprint density at radius 3 is 1.73 bits per heavy atom. The van der Waals surface area contributed by atoms with Crippen LogP contribution in [0.1, 0.15) is 108 Å². The molecule has 0 saturated heterocycles. The number of aryl methyl sites for hydroxylation is 2. The first-order valence-corrected chi connectivity index (χ1v) is 12.5. The molecule has 3 heteroatoms. The minimum absolute atomic E-state index is 0.303. The zero-order chi connectivity index (χ0) is 21.7. The molecule has 0 bridgehead atoms. The van der Waals surface area contributed by atoms with Crippen molar-refractivity contribution in [1.29, 1.82) is 0 Å². The van der Waals surface area contributed by atoms with Crippen LogP contribution < -0.4 is 4.57 Å². The van der Waals surface area contributed by atoms with Crippen LogP contribution in [0.4, 0.5) is 0 Å². The van der Waals surface area contributed by atoms with Gasteiger partial charge in [0, 0.05) is 31.6 Å². The highest BCUT2D eigenvalue weighted by Gasteiger charge is 2.03. The van der Waals surface area contributed by atoms with Gasteiger partial charge in [-0.05, 0) is 12.8 Å². The van der Waals surface area contributed by atoms with Crippen molar-refractivity contribution >= 4 is 5.97 Å². The van der Waals surface area contributed by atoms with E-state index in [1.165, 1.54) is 102 Å². The van der Waals surface area contributed by atoms with Gasteiger partial charge >= 0.3 is 5.97 Å². The predicted octanol–water partition coefficient (Wildman–Crippen LogP) is 7.25. The van der Waals surface area contributed by atoms with Crippen molar-refractivity contribution in [1.82, 2.24) is 0 Å². The molecule has 0 fully saturated rings. The first-order valence-electron chi connectivity index (χ1n) is 12.5. The molecule has 0 amide bonds. The minimum atomic E-state index is -0.303. The van der Waals surface area contributed by atoms with Gasteiger partial charge in [-0.1, -0.05) is 96.1 Å². The lowest BCUT2D eigenvalue weighted by Gasteiger charge is -2.04. The van der Waals surface area contributed by atoms with E-state index in [-0.39, 0.29) is 5.97 Å². The molecule has 170 valence electrons. The highest BCUT2D eigenvalue weighted by molar-refractivity contribution is 5.81. The van der Waals surface area contributed by atoms with Gasteiger partial charge in [0.15, 0.2) is 11.9 Å². The van der Waals surface area contributed by atoms with Crippen LogP contribution in [0.3, 0.4) is 0 Å². The molecule has 1 aromatic rings. The number of aromatic nitrogens is 1. The van der Waals surface area contributed by atoms with Crippen LogP contribution >= 0.6 is 0 Å². The molecule has 0 spiro atoms. The molecule has 0 radical (unpaired) electrons. The minimum Gasteiger partial charge on any atom is -0.463 e. The lowest BCUT2D eigenvalue weighted by Crippen LogP contribution is -2.36. The molecule has 0 aliphatic heterocycles. The van der Waals surface area contributed by atoms with E-state index in [1.54, 1.807) is 0 Å². The van der Waals surface area contributed by atoms with E-state index in [2.05, 4.69) is 42.5 Å². The van der Waals surface area contributed by atoms with E-state index in [4.69, 9.17) is 4.74 Å².